The molecule has 0 aromatic rings. The van der Waals surface area contributed by atoms with Crippen LogP contribution in [0.5, 0.6) is 0 Å². The van der Waals surface area contributed by atoms with Gasteiger partial charge in [0.2, 0.25) is 0 Å². The normalized spacial score (nSPS) is 12.1. The van der Waals surface area contributed by atoms with Crippen LogP contribution in [-0.4, -0.2) is 35.2 Å². The number of hydrogen-bond donors (Lipinski definition) is 1. The first-order valence-electron chi connectivity index (χ1n) is 10.1. The third-order valence-electron chi connectivity index (χ3n) is 3.86. The summed E-state index contributed by atoms with van der Waals surface area (Å²) < 4.78 is 9.56. The first kappa shape index (κ1) is 26.3. The summed E-state index contributed by atoms with van der Waals surface area (Å²) in [6, 6.07) is 0. The minimum Gasteiger partial charge on any atom is -0.479 e. The van der Waals surface area contributed by atoms with Gasteiger partial charge in [0.25, 0.3) is 0 Å². The molecule has 0 bridgehead atoms. The minimum absolute atomic E-state index is 0.103. The molecular weight excluding hydrogens is 372 g/mol. The molecule has 1 N–H and O–H groups in total. The number of carboxylic acid groups (broad SMARTS) is 1. The number of rotatable bonds is 13. The quantitative estimate of drug-likeness (QED) is 0.283. The van der Waals surface area contributed by atoms with Gasteiger partial charge in [-0.1, -0.05) is 50.5 Å². The highest BCUT2D eigenvalue weighted by Gasteiger charge is 2.23. The molecule has 0 saturated heterocycles. The van der Waals surface area contributed by atoms with Gasteiger partial charge in [0.1, 0.15) is 0 Å². The summed E-state index contributed by atoms with van der Waals surface area (Å²) in [6.45, 7) is 4.76. The lowest BCUT2D eigenvalue weighted by molar-refractivity contribution is -0.174. The number of unbranched alkanes of at least 4 members (excludes halogenated alkanes) is 6. The van der Waals surface area contributed by atoms with E-state index < -0.39 is 30.1 Å². The van der Waals surface area contributed by atoms with E-state index in [1.165, 1.54) is 46.0 Å². The summed E-state index contributed by atoms with van der Waals surface area (Å²) in [4.78, 5) is 33.9. The monoisotopic (exact) mass is 404 g/mol. The Morgan fingerprint density at radius 2 is 1.69 bits per heavy atom. The number of carbonyl (C=O) groups excluding carboxylic acids is 2. The smallest absolute Gasteiger partial charge is 0.347 e. The maximum atomic E-state index is 11.7. The highest BCUT2D eigenvalue weighted by atomic mass is 16.6. The maximum absolute atomic E-state index is 11.7. The number of aliphatic carboxylic acids is 1. The minimum atomic E-state index is -1.29. The SMILES string of the molecule is CCCCCCC/C=C/C#CC#CCCCC(=O)O[C@H](C)C(=O)O[C@H](C)C(=O)O. The highest BCUT2D eigenvalue weighted by Crippen LogP contribution is 2.05. The summed E-state index contributed by atoms with van der Waals surface area (Å²) in [5, 5.41) is 8.68. The zero-order valence-corrected chi connectivity index (χ0v) is 17.7. The van der Waals surface area contributed by atoms with Crippen LogP contribution in [0.3, 0.4) is 0 Å². The van der Waals surface area contributed by atoms with Crippen molar-refractivity contribution < 1.29 is 29.0 Å². The molecule has 0 aliphatic rings. The fraction of sp³-hybridized carbons (Fsp3) is 0.609. The Hall–Kier alpha value is -2.73. The fourth-order valence-electron chi connectivity index (χ4n) is 2.14. The van der Waals surface area contributed by atoms with Gasteiger partial charge in [0.05, 0.1) is 0 Å². The first-order valence-corrected chi connectivity index (χ1v) is 10.1. The number of carboxylic acids is 1. The molecule has 0 amide bonds. The van der Waals surface area contributed by atoms with Gasteiger partial charge in [-0.2, -0.15) is 0 Å². The first-order chi connectivity index (χ1) is 13.9. The molecule has 6 nitrogen and oxygen atoms in total. The van der Waals surface area contributed by atoms with E-state index in [-0.39, 0.29) is 6.42 Å². The highest BCUT2D eigenvalue weighted by molar-refractivity contribution is 5.82. The van der Waals surface area contributed by atoms with Crippen molar-refractivity contribution in [2.45, 2.75) is 90.8 Å². The van der Waals surface area contributed by atoms with Gasteiger partial charge >= 0.3 is 17.9 Å². The van der Waals surface area contributed by atoms with Crippen molar-refractivity contribution in [2.75, 3.05) is 0 Å². The average Bonchev–Trinajstić information content (AvgIpc) is 2.67. The Morgan fingerprint density at radius 3 is 2.38 bits per heavy atom. The molecule has 0 fully saturated rings. The second kappa shape index (κ2) is 17.4. The van der Waals surface area contributed by atoms with Crippen LogP contribution in [-0.2, 0) is 23.9 Å². The summed E-state index contributed by atoms with van der Waals surface area (Å²) >= 11 is 0. The largest absolute Gasteiger partial charge is 0.479 e. The van der Waals surface area contributed by atoms with Gasteiger partial charge < -0.3 is 14.6 Å². The lowest BCUT2D eigenvalue weighted by Crippen LogP contribution is -2.32. The van der Waals surface area contributed by atoms with Crippen LogP contribution in [0.4, 0.5) is 0 Å². The van der Waals surface area contributed by atoms with E-state index >= 15 is 0 Å². The maximum Gasteiger partial charge on any atom is 0.347 e. The van der Waals surface area contributed by atoms with Crippen LogP contribution < -0.4 is 0 Å². The van der Waals surface area contributed by atoms with Crippen LogP contribution in [0.2, 0.25) is 0 Å². The predicted molar refractivity (Wildman–Crippen MR) is 111 cm³/mol. The molecule has 2 atom stereocenters. The van der Waals surface area contributed by atoms with Crippen LogP contribution >= 0.6 is 0 Å². The van der Waals surface area contributed by atoms with Gasteiger partial charge in [-0.15, -0.1) is 0 Å². The van der Waals surface area contributed by atoms with E-state index in [2.05, 4.69) is 41.4 Å². The van der Waals surface area contributed by atoms with Crippen molar-refractivity contribution in [1.82, 2.24) is 0 Å². The Kier molecular flexibility index (Phi) is 15.7. The molecule has 0 heterocycles. The lowest BCUT2D eigenvalue weighted by Gasteiger charge is -2.14. The van der Waals surface area contributed by atoms with Crippen LogP contribution in [0.25, 0.3) is 0 Å². The molecular formula is C23H32O6. The van der Waals surface area contributed by atoms with Crippen molar-refractivity contribution in [2.24, 2.45) is 0 Å². The molecule has 0 aliphatic carbocycles. The van der Waals surface area contributed by atoms with E-state index in [1.54, 1.807) is 0 Å². The molecule has 6 heteroatoms. The summed E-state index contributed by atoms with van der Waals surface area (Å²) in [7, 11) is 0. The lowest BCUT2D eigenvalue weighted by atomic mass is 10.1. The summed E-state index contributed by atoms with van der Waals surface area (Å²) in [6.07, 6.45) is 9.83. The molecule has 0 spiro atoms. The van der Waals surface area contributed by atoms with Gasteiger partial charge in [0.15, 0.2) is 12.2 Å². The third kappa shape index (κ3) is 16.0. The summed E-state index contributed by atoms with van der Waals surface area (Å²) in [5.74, 6) is 8.46. The molecule has 0 aromatic carbocycles. The van der Waals surface area contributed by atoms with E-state index in [1.807, 2.05) is 6.08 Å². The average molecular weight is 405 g/mol. The molecule has 0 rings (SSSR count). The molecule has 160 valence electrons. The number of ether oxygens (including phenoxy) is 2. The van der Waals surface area contributed by atoms with E-state index in [9.17, 15) is 14.4 Å². The van der Waals surface area contributed by atoms with E-state index in [0.717, 1.165) is 6.42 Å². The Morgan fingerprint density at radius 1 is 0.966 bits per heavy atom. The van der Waals surface area contributed by atoms with Crippen molar-refractivity contribution in [3.05, 3.63) is 12.2 Å². The third-order valence-corrected chi connectivity index (χ3v) is 3.86. The van der Waals surface area contributed by atoms with Gasteiger partial charge in [-0.05, 0) is 51.0 Å². The van der Waals surface area contributed by atoms with E-state index in [0.29, 0.717) is 12.8 Å². The van der Waals surface area contributed by atoms with Gasteiger partial charge in [0, 0.05) is 12.8 Å². The van der Waals surface area contributed by atoms with Gasteiger partial charge in [-0.3, -0.25) is 4.79 Å². The van der Waals surface area contributed by atoms with Crippen LogP contribution in [0.1, 0.15) is 78.6 Å². The molecule has 0 saturated carbocycles. The Balaban J connectivity index is 3.89. The van der Waals surface area contributed by atoms with Crippen molar-refractivity contribution in [3.63, 3.8) is 0 Å². The Bertz CT molecular complexity index is 656. The molecule has 0 aliphatic heterocycles. The van der Waals surface area contributed by atoms with Crippen molar-refractivity contribution in [3.8, 4) is 23.7 Å². The standard InChI is InChI=1S/C23H32O6/c1-4-5-6-7-8-9-10-11-12-13-14-15-16-17-18-21(24)28-20(3)23(27)29-19(2)22(25)26/h10-11,19-20H,4-9,16-18H2,1-3H3,(H,25,26)/b11-10+/t19-,20-/m1/s1. The predicted octanol–water partition coefficient (Wildman–Crippen LogP) is 4.03. The van der Waals surface area contributed by atoms with E-state index in [4.69, 9.17) is 9.84 Å². The second-order valence-corrected chi connectivity index (χ2v) is 6.58. The molecule has 0 unspecified atom stereocenters. The number of carbonyl (C=O) groups is 3. The number of allylic oxidation sites excluding steroid dienone is 2. The van der Waals surface area contributed by atoms with Crippen molar-refractivity contribution >= 4 is 17.9 Å². The molecule has 0 aromatic heterocycles. The number of hydrogen-bond acceptors (Lipinski definition) is 5. The molecule has 0 radical (unpaired) electrons. The van der Waals surface area contributed by atoms with Crippen LogP contribution in [0.15, 0.2) is 12.2 Å². The fourth-order valence-corrected chi connectivity index (χ4v) is 2.14. The van der Waals surface area contributed by atoms with Gasteiger partial charge in [-0.25, -0.2) is 9.59 Å². The topological polar surface area (TPSA) is 89.9 Å². The van der Waals surface area contributed by atoms with Crippen molar-refractivity contribution in [1.29, 1.82) is 0 Å². The van der Waals surface area contributed by atoms with Crippen LogP contribution in [0, 0.1) is 23.7 Å². The Labute approximate surface area is 174 Å². The number of esters is 2. The molecule has 29 heavy (non-hydrogen) atoms. The zero-order valence-electron chi connectivity index (χ0n) is 17.7. The summed E-state index contributed by atoms with van der Waals surface area (Å²) in [5.41, 5.74) is 0. The zero-order chi connectivity index (χ0) is 21.9. The second-order valence-electron chi connectivity index (χ2n) is 6.58.